The Bertz CT molecular complexity index is 1470. The number of ether oxygens (including phenoxy) is 1. The van der Waals surface area contributed by atoms with Crippen LogP contribution in [-0.2, 0) is 43.5 Å². The van der Waals surface area contributed by atoms with Gasteiger partial charge in [-0.15, -0.1) is 0 Å². The van der Waals surface area contributed by atoms with Crippen molar-refractivity contribution in [2.75, 3.05) is 6.54 Å². The zero-order valence-corrected chi connectivity index (χ0v) is 25.3. The molecule has 2 unspecified atom stereocenters. The van der Waals surface area contributed by atoms with E-state index in [0.29, 0.717) is 24.0 Å². The van der Waals surface area contributed by atoms with Crippen LogP contribution in [0.1, 0.15) is 36.0 Å². The van der Waals surface area contributed by atoms with Crippen molar-refractivity contribution in [1.82, 2.24) is 20.9 Å². The van der Waals surface area contributed by atoms with Crippen LogP contribution in [0.15, 0.2) is 91.0 Å². The van der Waals surface area contributed by atoms with E-state index in [9.17, 15) is 29.1 Å². The van der Waals surface area contributed by atoms with Crippen LogP contribution < -0.4 is 21.7 Å². The lowest BCUT2D eigenvalue weighted by molar-refractivity contribution is -0.147. The van der Waals surface area contributed by atoms with Gasteiger partial charge in [0.2, 0.25) is 17.7 Å². The first-order valence-corrected chi connectivity index (χ1v) is 15.1. The summed E-state index contributed by atoms with van der Waals surface area (Å²) in [6.07, 6.45) is -2.23. The van der Waals surface area contributed by atoms with Crippen molar-refractivity contribution < 1.29 is 33.8 Å². The number of rotatable bonds is 14. The summed E-state index contributed by atoms with van der Waals surface area (Å²) in [5.74, 6) is -2.77. The highest BCUT2D eigenvalue weighted by Gasteiger charge is 2.40. The fraction of sp³-hybridized carbons (Fsp3) is 0.324. The van der Waals surface area contributed by atoms with Gasteiger partial charge in [0, 0.05) is 13.1 Å². The van der Waals surface area contributed by atoms with Crippen molar-refractivity contribution in [2.45, 2.75) is 63.1 Å². The van der Waals surface area contributed by atoms with E-state index in [1.807, 2.05) is 36.4 Å². The van der Waals surface area contributed by atoms with Crippen LogP contribution >= 0.6 is 0 Å². The van der Waals surface area contributed by atoms with E-state index in [1.54, 1.807) is 54.6 Å². The van der Waals surface area contributed by atoms with Crippen LogP contribution in [0.25, 0.3) is 0 Å². The number of primary amides is 1. The summed E-state index contributed by atoms with van der Waals surface area (Å²) >= 11 is 0. The molecule has 0 radical (unpaired) electrons. The first kappa shape index (κ1) is 33.7. The summed E-state index contributed by atoms with van der Waals surface area (Å²) in [5.41, 5.74) is 7.69. The van der Waals surface area contributed by atoms with Crippen molar-refractivity contribution >= 4 is 29.7 Å². The average molecular weight is 630 g/mol. The number of hydrogen-bond acceptors (Lipinski definition) is 7. The standard InChI is InChI=1S/C34H39N5O7/c35-29(40)20-27(38-34(45)46-22-25-15-8-3-9-16-25)31(42)37-26(19-23-11-4-1-5-12-23)30(41)33(44)39-18-10-17-28(39)32(43)36-21-24-13-6-2-7-14-24/h1-9,11-16,26-28,30,41H,10,17-22H2,(H2,35,40)(H,36,43)(H,37,42)(H,38,45)/t26?,27-,28-,30?/m0/s1. The van der Waals surface area contributed by atoms with Crippen molar-refractivity contribution in [3.8, 4) is 0 Å². The van der Waals surface area contributed by atoms with E-state index in [2.05, 4.69) is 16.0 Å². The van der Waals surface area contributed by atoms with Crippen molar-refractivity contribution in [3.63, 3.8) is 0 Å². The molecule has 0 aliphatic carbocycles. The number of nitrogens with one attached hydrogen (secondary N) is 3. The fourth-order valence-electron chi connectivity index (χ4n) is 5.26. The van der Waals surface area contributed by atoms with Gasteiger partial charge in [0.05, 0.1) is 12.5 Å². The number of amides is 5. The average Bonchev–Trinajstić information content (AvgIpc) is 3.56. The molecule has 12 nitrogen and oxygen atoms in total. The molecule has 1 fully saturated rings. The zero-order chi connectivity index (χ0) is 32.9. The van der Waals surface area contributed by atoms with E-state index >= 15 is 0 Å². The quantitative estimate of drug-likeness (QED) is 0.179. The predicted octanol–water partition coefficient (Wildman–Crippen LogP) is 1.55. The van der Waals surface area contributed by atoms with Gasteiger partial charge in [0.15, 0.2) is 6.10 Å². The third kappa shape index (κ3) is 9.89. The zero-order valence-electron chi connectivity index (χ0n) is 25.3. The number of hydrogen-bond donors (Lipinski definition) is 5. The molecule has 1 aliphatic rings. The predicted molar refractivity (Wildman–Crippen MR) is 168 cm³/mol. The largest absolute Gasteiger partial charge is 0.445 e. The molecular formula is C34H39N5O7. The Morgan fingerprint density at radius 2 is 1.43 bits per heavy atom. The molecule has 0 spiro atoms. The van der Waals surface area contributed by atoms with Crippen LogP contribution in [0, 0.1) is 0 Å². The SMILES string of the molecule is NC(=O)C[C@H](NC(=O)OCc1ccccc1)C(=O)NC(Cc1ccccc1)C(O)C(=O)N1CCC[C@H]1C(=O)NCc1ccccc1. The van der Waals surface area contributed by atoms with Crippen LogP contribution in [0.3, 0.4) is 0 Å². The summed E-state index contributed by atoms with van der Waals surface area (Å²) in [5, 5.41) is 19.2. The molecule has 0 aromatic heterocycles. The lowest BCUT2D eigenvalue weighted by Gasteiger charge is -2.31. The number of likely N-dealkylation sites (tertiary alicyclic amines) is 1. The Balaban J connectivity index is 1.45. The highest BCUT2D eigenvalue weighted by molar-refractivity contribution is 5.93. The van der Waals surface area contributed by atoms with Gasteiger partial charge in [-0.25, -0.2) is 4.79 Å². The molecule has 1 heterocycles. The minimum absolute atomic E-state index is 0.0416. The van der Waals surface area contributed by atoms with Crippen LogP contribution in [0.2, 0.25) is 0 Å². The Morgan fingerprint density at radius 1 is 0.848 bits per heavy atom. The maximum Gasteiger partial charge on any atom is 0.408 e. The van der Waals surface area contributed by atoms with E-state index in [0.717, 1.165) is 5.56 Å². The van der Waals surface area contributed by atoms with Gasteiger partial charge in [-0.1, -0.05) is 91.0 Å². The molecular weight excluding hydrogens is 590 g/mol. The van der Waals surface area contributed by atoms with Crippen molar-refractivity contribution in [3.05, 3.63) is 108 Å². The maximum absolute atomic E-state index is 13.7. The third-order valence-electron chi connectivity index (χ3n) is 7.63. The Morgan fingerprint density at radius 3 is 2.04 bits per heavy atom. The Labute approximate surface area is 267 Å². The van der Waals surface area contributed by atoms with Crippen LogP contribution in [0.4, 0.5) is 4.79 Å². The van der Waals surface area contributed by atoms with E-state index in [4.69, 9.17) is 10.5 Å². The Kier molecular flexibility index (Phi) is 12.2. The van der Waals surface area contributed by atoms with Gasteiger partial charge < -0.3 is 36.4 Å². The molecule has 4 atom stereocenters. The van der Waals surface area contributed by atoms with Gasteiger partial charge in [0.1, 0.15) is 18.7 Å². The van der Waals surface area contributed by atoms with Gasteiger partial charge in [-0.3, -0.25) is 19.2 Å². The molecule has 12 heteroatoms. The number of alkyl carbamates (subject to hydrolysis) is 1. The maximum atomic E-state index is 13.7. The Hall–Kier alpha value is -5.23. The van der Waals surface area contributed by atoms with Gasteiger partial charge in [-0.2, -0.15) is 0 Å². The molecule has 6 N–H and O–H groups in total. The van der Waals surface area contributed by atoms with E-state index in [1.165, 1.54) is 4.90 Å². The molecule has 0 saturated carbocycles. The third-order valence-corrected chi connectivity index (χ3v) is 7.63. The first-order chi connectivity index (χ1) is 22.2. The van der Waals surface area contributed by atoms with Gasteiger partial charge in [-0.05, 0) is 36.0 Å². The van der Waals surface area contributed by atoms with Crippen molar-refractivity contribution in [1.29, 1.82) is 0 Å². The molecule has 1 aliphatic heterocycles. The van der Waals surface area contributed by atoms with E-state index < -0.39 is 54.5 Å². The molecule has 4 rings (SSSR count). The lowest BCUT2D eigenvalue weighted by Crippen LogP contribution is -2.58. The number of nitrogens with zero attached hydrogens (tertiary/aromatic N) is 1. The molecule has 5 amide bonds. The summed E-state index contributed by atoms with van der Waals surface area (Å²) in [6, 6.07) is 23.7. The molecule has 46 heavy (non-hydrogen) atoms. The lowest BCUT2D eigenvalue weighted by atomic mass is 9.99. The molecule has 3 aromatic carbocycles. The van der Waals surface area contributed by atoms with Gasteiger partial charge in [0.25, 0.3) is 5.91 Å². The molecule has 242 valence electrons. The second kappa shape index (κ2) is 16.7. The second-order valence-electron chi connectivity index (χ2n) is 11.1. The number of aliphatic hydroxyl groups is 1. The second-order valence-corrected chi connectivity index (χ2v) is 11.1. The number of carbonyl (C=O) groups excluding carboxylic acids is 5. The minimum atomic E-state index is -1.74. The summed E-state index contributed by atoms with van der Waals surface area (Å²) in [6.45, 7) is 0.470. The molecule has 0 bridgehead atoms. The topological polar surface area (TPSA) is 180 Å². The first-order valence-electron chi connectivity index (χ1n) is 15.1. The summed E-state index contributed by atoms with van der Waals surface area (Å²) in [7, 11) is 0. The summed E-state index contributed by atoms with van der Waals surface area (Å²) in [4.78, 5) is 65.9. The van der Waals surface area contributed by atoms with Crippen molar-refractivity contribution in [2.24, 2.45) is 5.73 Å². The van der Waals surface area contributed by atoms with E-state index in [-0.39, 0.29) is 32.0 Å². The fourth-order valence-corrected chi connectivity index (χ4v) is 5.26. The van der Waals surface area contributed by atoms with Crippen LogP contribution in [0.5, 0.6) is 0 Å². The minimum Gasteiger partial charge on any atom is -0.445 e. The monoisotopic (exact) mass is 629 g/mol. The summed E-state index contributed by atoms with van der Waals surface area (Å²) < 4.78 is 5.20. The number of benzene rings is 3. The number of nitrogens with two attached hydrogens (primary N) is 1. The highest BCUT2D eigenvalue weighted by Crippen LogP contribution is 2.21. The van der Waals surface area contributed by atoms with Crippen LogP contribution in [-0.4, -0.2) is 70.5 Å². The normalized spacial score (nSPS) is 16.0. The molecule has 3 aromatic rings. The van der Waals surface area contributed by atoms with Gasteiger partial charge >= 0.3 is 6.09 Å². The number of carbonyl (C=O) groups is 5. The molecule has 1 saturated heterocycles. The number of aliphatic hydroxyl groups excluding tert-OH is 1. The smallest absolute Gasteiger partial charge is 0.408 e. The highest BCUT2D eigenvalue weighted by atomic mass is 16.5.